The van der Waals surface area contributed by atoms with Crippen molar-refractivity contribution in [2.24, 2.45) is 0 Å². The third-order valence-electron chi connectivity index (χ3n) is 2.88. The number of halogens is 2. The highest BCUT2D eigenvalue weighted by molar-refractivity contribution is 7.71. The number of aromatic amines is 1. The van der Waals surface area contributed by atoms with E-state index in [1.807, 2.05) is 0 Å². The van der Waals surface area contributed by atoms with E-state index in [-0.39, 0.29) is 27.3 Å². The van der Waals surface area contributed by atoms with Gasteiger partial charge in [-0.05, 0) is 31.1 Å². The average Bonchev–Trinajstić information content (AvgIpc) is 3.06. The first-order valence-corrected chi connectivity index (χ1v) is 5.62. The summed E-state index contributed by atoms with van der Waals surface area (Å²) in [5.74, 6) is -2.02. The Hall–Kier alpha value is -1.56. The van der Waals surface area contributed by atoms with Gasteiger partial charge in [0.25, 0.3) is 5.56 Å². The number of nitrogens with zero attached hydrogens (tertiary/aromatic N) is 1. The second-order valence-corrected chi connectivity index (χ2v) is 4.54. The molecule has 1 aromatic heterocycles. The van der Waals surface area contributed by atoms with Gasteiger partial charge in [-0.25, -0.2) is 8.78 Å². The molecular formula is C11H8F2N2OS. The monoisotopic (exact) mass is 254 g/mol. The van der Waals surface area contributed by atoms with Gasteiger partial charge in [0, 0.05) is 12.1 Å². The fourth-order valence-electron chi connectivity index (χ4n) is 1.89. The molecule has 0 spiro atoms. The number of hydrogen-bond donors (Lipinski definition) is 1. The summed E-state index contributed by atoms with van der Waals surface area (Å²) in [7, 11) is 0. The Balaban J connectivity index is 2.44. The molecule has 1 heterocycles. The van der Waals surface area contributed by atoms with Gasteiger partial charge in [-0.15, -0.1) is 0 Å². The zero-order valence-corrected chi connectivity index (χ0v) is 9.48. The molecule has 0 amide bonds. The van der Waals surface area contributed by atoms with Crippen LogP contribution in [0.4, 0.5) is 8.78 Å². The Labute approximate surface area is 99.7 Å². The van der Waals surface area contributed by atoms with E-state index in [4.69, 9.17) is 12.2 Å². The van der Waals surface area contributed by atoms with Crippen molar-refractivity contribution in [3.8, 4) is 0 Å². The average molecular weight is 254 g/mol. The number of aromatic nitrogens is 2. The van der Waals surface area contributed by atoms with Gasteiger partial charge in [-0.1, -0.05) is 0 Å². The molecule has 0 radical (unpaired) electrons. The Kier molecular flexibility index (Phi) is 2.16. The zero-order chi connectivity index (χ0) is 12.2. The van der Waals surface area contributed by atoms with Crippen LogP contribution in [0.3, 0.4) is 0 Å². The number of nitrogens with one attached hydrogen (secondary N) is 1. The summed E-state index contributed by atoms with van der Waals surface area (Å²) in [5.41, 5.74) is -0.124. The van der Waals surface area contributed by atoms with Gasteiger partial charge in [0.1, 0.15) is 0 Å². The van der Waals surface area contributed by atoms with Gasteiger partial charge >= 0.3 is 0 Å². The first-order valence-electron chi connectivity index (χ1n) is 5.21. The molecule has 0 saturated heterocycles. The van der Waals surface area contributed by atoms with Gasteiger partial charge in [0.2, 0.25) is 0 Å². The maximum absolute atomic E-state index is 13.1. The Morgan fingerprint density at radius 1 is 1.29 bits per heavy atom. The molecule has 0 atom stereocenters. The SMILES string of the molecule is O=c1c2cc(F)c(F)cc2[nH]c(=S)n1C1CC1. The van der Waals surface area contributed by atoms with Gasteiger partial charge in [-0.3, -0.25) is 9.36 Å². The summed E-state index contributed by atoms with van der Waals surface area (Å²) in [4.78, 5) is 14.8. The predicted molar refractivity (Wildman–Crippen MR) is 61.6 cm³/mol. The second-order valence-electron chi connectivity index (χ2n) is 4.15. The lowest BCUT2D eigenvalue weighted by Crippen LogP contribution is -2.21. The molecule has 1 aliphatic rings. The van der Waals surface area contributed by atoms with E-state index >= 15 is 0 Å². The standard InChI is InChI=1S/C11H8F2N2OS/c12-7-3-6-9(4-8(7)13)14-11(17)15(10(6)16)5-1-2-5/h3-5H,1-2H2,(H,14,17). The van der Waals surface area contributed by atoms with Crippen molar-refractivity contribution in [2.45, 2.75) is 18.9 Å². The number of hydrogen-bond acceptors (Lipinski definition) is 2. The molecule has 1 aromatic carbocycles. The lowest BCUT2D eigenvalue weighted by atomic mass is 10.2. The molecule has 17 heavy (non-hydrogen) atoms. The molecule has 88 valence electrons. The van der Waals surface area contributed by atoms with Crippen molar-refractivity contribution in [2.75, 3.05) is 0 Å². The number of H-pyrrole nitrogens is 1. The Morgan fingerprint density at radius 2 is 1.94 bits per heavy atom. The van der Waals surface area contributed by atoms with E-state index in [1.54, 1.807) is 0 Å². The number of fused-ring (bicyclic) bond motifs is 1. The van der Waals surface area contributed by atoms with Crippen LogP contribution in [0.2, 0.25) is 0 Å². The molecule has 6 heteroatoms. The van der Waals surface area contributed by atoms with Crippen molar-refractivity contribution in [1.29, 1.82) is 0 Å². The molecule has 0 aliphatic heterocycles. The summed E-state index contributed by atoms with van der Waals surface area (Å²) in [6.07, 6.45) is 1.79. The maximum atomic E-state index is 13.1. The van der Waals surface area contributed by atoms with E-state index in [9.17, 15) is 13.6 Å². The lowest BCUT2D eigenvalue weighted by Gasteiger charge is -2.06. The highest BCUT2D eigenvalue weighted by atomic mass is 32.1. The molecule has 3 rings (SSSR count). The highest BCUT2D eigenvalue weighted by Gasteiger charge is 2.26. The normalized spacial score (nSPS) is 15.4. The lowest BCUT2D eigenvalue weighted by molar-refractivity contribution is 0.510. The van der Waals surface area contributed by atoms with Crippen LogP contribution in [-0.4, -0.2) is 9.55 Å². The molecule has 0 unspecified atom stereocenters. The fourth-order valence-corrected chi connectivity index (χ4v) is 2.23. The zero-order valence-electron chi connectivity index (χ0n) is 8.67. The van der Waals surface area contributed by atoms with Gasteiger partial charge < -0.3 is 4.98 Å². The van der Waals surface area contributed by atoms with Crippen LogP contribution in [0, 0.1) is 16.4 Å². The minimum Gasteiger partial charge on any atom is -0.331 e. The van der Waals surface area contributed by atoms with Crippen molar-refractivity contribution in [1.82, 2.24) is 9.55 Å². The van der Waals surface area contributed by atoms with Crippen LogP contribution < -0.4 is 5.56 Å². The van der Waals surface area contributed by atoms with E-state index < -0.39 is 11.6 Å². The summed E-state index contributed by atoms with van der Waals surface area (Å²) in [5, 5.41) is 0.129. The Bertz CT molecular complexity index is 731. The van der Waals surface area contributed by atoms with Crippen LogP contribution >= 0.6 is 12.2 Å². The molecule has 1 saturated carbocycles. The summed E-state index contributed by atoms with van der Waals surface area (Å²) >= 11 is 5.05. The van der Waals surface area contributed by atoms with Crippen molar-refractivity contribution in [3.05, 3.63) is 38.9 Å². The summed E-state index contributed by atoms with van der Waals surface area (Å²) in [6.45, 7) is 0. The molecular weight excluding hydrogens is 246 g/mol. The fraction of sp³-hybridized carbons (Fsp3) is 0.273. The van der Waals surface area contributed by atoms with E-state index in [2.05, 4.69) is 4.98 Å². The summed E-state index contributed by atoms with van der Waals surface area (Å²) < 4.78 is 27.9. The van der Waals surface area contributed by atoms with Crippen LogP contribution in [0.1, 0.15) is 18.9 Å². The second kappa shape index (κ2) is 3.46. The third-order valence-corrected chi connectivity index (χ3v) is 3.18. The quantitative estimate of drug-likeness (QED) is 0.794. The van der Waals surface area contributed by atoms with Crippen molar-refractivity contribution >= 4 is 23.1 Å². The molecule has 1 aliphatic carbocycles. The van der Waals surface area contributed by atoms with E-state index in [0.717, 1.165) is 25.0 Å². The van der Waals surface area contributed by atoms with Crippen LogP contribution in [0.15, 0.2) is 16.9 Å². The predicted octanol–water partition coefficient (Wildman–Crippen LogP) is 2.67. The third kappa shape index (κ3) is 1.59. The number of rotatable bonds is 1. The van der Waals surface area contributed by atoms with E-state index in [1.165, 1.54) is 4.57 Å². The first-order chi connectivity index (χ1) is 8.08. The van der Waals surface area contributed by atoms with Crippen molar-refractivity contribution < 1.29 is 8.78 Å². The van der Waals surface area contributed by atoms with Crippen LogP contribution in [-0.2, 0) is 0 Å². The first kappa shape index (κ1) is 10.6. The van der Waals surface area contributed by atoms with Crippen LogP contribution in [0.5, 0.6) is 0 Å². The molecule has 3 nitrogen and oxygen atoms in total. The minimum absolute atomic E-state index is 0.101. The molecule has 2 aromatic rings. The van der Waals surface area contributed by atoms with Gasteiger partial charge in [0.05, 0.1) is 10.9 Å². The molecule has 1 N–H and O–H groups in total. The molecule has 1 fully saturated rings. The van der Waals surface area contributed by atoms with Gasteiger partial charge in [-0.2, -0.15) is 0 Å². The minimum atomic E-state index is -1.03. The van der Waals surface area contributed by atoms with E-state index in [0.29, 0.717) is 0 Å². The van der Waals surface area contributed by atoms with Gasteiger partial charge in [0.15, 0.2) is 16.4 Å². The topological polar surface area (TPSA) is 37.8 Å². The highest BCUT2D eigenvalue weighted by Crippen LogP contribution is 2.33. The summed E-state index contributed by atoms with van der Waals surface area (Å²) in [6, 6.07) is 1.97. The largest absolute Gasteiger partial charge is 0.331 e. The Morgan fingerprint density at radius 3 is 2.59 bits per heavy atom. The van der Waals surface area contributed by atoms with Crippen LogP contribution in [0.25, 0.3) is 10.9 Å². The number of benzene rings is 1. The maximum Gasteiger partial charge on any atom is 0.262 e. The smallest absolute Gasteiger partial charge is 0.262 e. The van der Waals surface area contributed by atoms with Crippen molar-refractivity contribution in [3.63, 3.8) is 0 Å². The molecule has 0 bridgehead atoms.